The molecule has 1 amide bonds. The molecule has 0 saturated heterocycles. The lowest BCUT2D eigenvalue weighted by Gasteiger charge is -2.08. The van der Waals surface area contributed by atoms with E-state index in [2.05, 4.69) is 15.3 Å². The minimum atomic E-state index is -0.0830. The van der Waals surface area contributed by atoms with E-state index in [0.29, 0.717) is 22.9 Å². The predicted octanol–water partition coefficient (Wildman–Crippen LogP) is 5.21. The molecule has 0 atom stereocenters. The number of hydrogen-bond acceptors (Lipinski definition) is 6. The SMILES string of the molecule is O=C(CSc1nc2ccccc2s1)Nc1cccc(Oc2ccncc2)c1. The summed E-state index contributed by atoms with van der Waals surface area (Å²) in [6, 6.07) is 18.8. The predicted molar refractivity (Wildman–Crippen MR) is 110 cm³/mol. The normalized spacial score (nSPS) is 10.7. The summed E-state index contributed by atoms with van der Waals surface area (Å²) in [6.07, 6.45) is 3.33. The van der Waals surface area contributed by atoms with Crippen molar-refractivity contribution < 1.29 is 9.53 Å². The molecule has 4 rings (SSSR count). The zero-order valence-corrected chi connectivity index (χ0v) is 15.8. The minimum absolute atomic E-state index is 0.0830. The third-order valence-corrected chi connectivity index (χ3v) is 5.78. The van der Waals surface area contributed by atoms with Gasteiger partial charge in [0, 0.05) is 24.1 Å². The molecule has 2 heterocycles. The standard InChI is InChI=1S/C20H15N3O2S2/c24-19(13-26-20-23-17-6-1-2-7-18(17)27-20)22-14-4-3-5-16(12-14)25-15-8-10-21-11-9-15/h1-12H,13H2,(H,22,24). The van der Waals surface area contributed by atoms with Gasteiger partial charge in [-0.25, -0.2) is 4.98 Å². The molecule has 7 heteroatoms. The number of aromatic nitrogens is 2. The molecule has 134 valence electrons. The number of carbonyl (C=O) groups excluding carboxylic acids is 1. The monoisotopic (exact) mass is 393 g/mol. The van der Waals surface area contributed by atoms with Crippen LogP contribution in [0.2, 0.25) is 0 Å². The molecular weight excluding hydrogens is 378 g/mol. The van der Waals surface area contributed by atoms with E-state index < -0.39 is 0 Å². The van der Waals surface area contributed by atoms with Crippen molar-refractivity contribution in [3.05, 3.63) is 73.1 Å². The van der Waals surface area contributed by atoms with Crippen molar-refractivity contribution >= 4 is 44.9 Å². The molecule has 1 N–H and O–H groups in total. The second-order valence-corrected chi connectivity index (χ2v) is 7.85. The number of thiazole rings is 1. The van der Waals surface area contributed by atoms with Gasteiger partial charge in [0.15, 0.2) is 4.34 Å². The molecule has 0 aliphatic rings. The second kappa shape index (κ2) is 8.20. The van der Waals surface area contributed by atoms with Crippen molar-refractivity contribution in [2.75, 3.05) is 11.1 Å². The highest BCUT2D eigenvalue weighted by Crippen LogP contribution is 2.29. The van der Waals surface area contributed by atoms with E-state index in [1.54, 1.807) is 41.9 Å². The summed E-state index contributed by atoms with van der Waals surface area (Å²) in [6.45, 7) is 0. The van der Waals surface area contributed by atoms with Crippen LogP contribution in [-0.4, -0.2) is 21.6 Å². The maximum atomic E-state index is 12.3. The molecular formula is C20H15N3O2S2. The van der Waals surface area contributed by atoms with Crippen LogP contribution in [0.4, 0.5) is 5.69 Å². The van der Waals surface area contributed by atoms with E-state index in [9.17, 15) is 4.79 Å². The fourth-order valence-electron chi connectivity index (χ4n) is 2.42. The molecule has 0 spiro atoms. The van der Waals surface area contributed by atoms with Crippen molar-refractivity contribution in [3.63, 3.8) is 0 Å². The number of rotatable bonds is 6. The maximum Gasteiger partial charge on any atom is 0.234 e. The van der Waals surface area contributed by atoms with Crippen LogP contribution in [0.3, 0.4) is 0 Å². The van der Waals surface area contributed by atoms with Gasteiger partial charge in [-0.15, -0.1) is 11.3 Å². The molecule has 0 unspecified atom stereocenters. The number of fused-ring (bicyclic) bond motifs is 1. The van der Waals surface area contributed by atoms with E-state index in [1.807, 2.05) is 42.5 Å². The first-order valence-corrected chi connectivity index (χ1v) is 10.0. The van der Waals surface area contributed by atoms with Crippen LogP contribution in [-0.2, 0) is 4.79 Å². The molecule has 0 radical (unpaired) electrons. The maximum absolute atomic E-state index is 12.3. The van der Waals surface area contributed by atoms with Crippen LogP contribution in [0.25, 0.3) is 10.2 Å². The lowest BCUT2D eigenvalue weighted by atomic mass is 10.3. The van der Waals surface area contributed by atoms with Crippen LogP contribution in [0, 0.1) is 0 Å². The van der Waals surface area contributed by atoms with Gasteiger partial charge < -0.3 is 10.1 Å². The number of ether oxygens (including phenoxy) is 1. The number of pyridine rings is 1. The van der Waals surface area contributed by atoms with E-state index in [1.165, 1.54) is 11.8 Å². The molecule has 5 nitrogen and oxygen atoms in total. The lowest BCUT2D eigenvalue weighted by molar-refractivity contribution is -0.113. The first kappa shape index (κ1) is 17.5. The van der Waals surface area contributed by atoms with E-state index in [0.717, 1.165) is 14.6 Å². The first-order valence-electron chi connectivity index (χ1n) is 8.22. The third kappa shape index (κ3) is 4.64. The molecule has 0 aliphatic heterocycles. The first-order chi connectivity index (χ1) is 13.3. The molecule has 0 bridgehead atoms. The molecule has 2 aromatic carbocycles. The van der Waals surface area contributed by atoms with Gasteiger partial charge in [-0.1, -0.05) is 30.0 Å². The zero-order valence-electron chi connectivity index (χ0n) is 14.2. The molecule has 0 aliphatic carbocycles. The summed E-state index contributed by atoms with van der Waals surface area (Å²) in [4.78, 5) is 20.8. The van der Waals surface area contributed by atoms with Gasteiger partial charge in [0.1, 0.15) is 11.5 Å². The largest absolute Gasteiger partial charge is 0.457 e. The Labute approximate surface area is 164 Å². The summed E-state index contributed by atoms with van der Waals surface area (Å²) in [5.74, 6) is 1.56. The molecule has 0 saturated carbocycles. The number of carbonyl (C=O) groups is 1. The molecule has 2 aromatic heterocycles. The summed E-state index contributed by atoms with van der Waals surface area (Å²) >= 11 is 3.03. The van der Waals surface area contributed by atoms with E-state index in [-0.39, 0.29) is 5.91 Å². The third-order valence-electron chi connectivity index (χ3n) is 3.60. The number of nitrogens with one attached hydrogen (secondary N) is 1. The van der Waals surface area contributed by atoms with Crippen molar-refractivity contribution in [2.45, 2.75) is 4.34 Å². The summed E-state index contributed by atoms with van der Waals surface area (Å²) in [5.41, 5.74) is 1.66. The number of para-hydroxylation sites is 1. The quantitative estimate of drug-likeness (QED) is 0.455. The van der Waals surface area contributed by atoms with Crippen LogP contribution in [0.15, 0.2) is 77.4 Å². The van der Waals surface area contributed by atoms with Gasteiger partial charge >= 0.3 is 0 Å². The Balaban J connectivity index is 1.35. The Morgan fingerprint density at radius 1 is 1.04 bits per heavy atom. The number of amides is 1. The van der Waals surface area contributed by atoms with Gasteiger partial charge in [-0.2, -0.15) is 0 Å². The Kier molecular flexibility index (Phi) is 5.32. The fourth-order valence-corrected chi connectivity index (χ4v) is 4.29. The van der Waals surface area contributed by atoms with Gasteiger partial charge in [0.05, 0.1) is 16.0 Å². The van der Waals surface area contributed by atoms with E-state index >= 15 is 0 Å². The van der Waals surface area contributed by atoms with E-state index in [4.69, 9.17) is 4.74 Å². The minimum Gasteiger partial charge on any atom is -0.457 e. The van der Waals surface area contributed by atoms with Crippen LogP contribution < -0.4 is 10.1 Å². The number of thioether (sulfide) groups is 1. The Bertz CT molecular complexity index is 1030. The summed E-state index contributed by atoms with van der Waals surface area (Å²) < 4.78 is 7.77. The number of benzene rings is 2. The van der Waals surface area contributed by atoms with Gasteiger partial charge in [0.2, 0.25) is 5.91 Å². The van der Waals surface area contributed by atoms with Gasteiger partial charge in [-0.05, 0) is 36.4 Å². The highest BCUT2D eigenvalue weighted by Gasteiger charge is 2.08. The van der Waals surface area contributed by atoms with Crippen LogP contribution in [0.1, 0.15) is 0 Å². The van der Waals surface area contributed by atoms with Crippen molar-refractivity contribution in [1.29, 1.82) is 0 Å². The summed E-state index contributed by atoms with van der Waals surface area (Å²) in [7, 11) is 0. The zero-order chi connectivity index (χ0) is 18.5. The van der Waals surface area contributed by atoms with Crippen LogP contribution in [0.5, 0.6) is 11.5 Å². The Morgan fingerprint density at radius 3 is 2.74 bits per heavy atom. The Hall–Kier alpha value is -2.90. The smallest absolute Gasteiger partial charge is 0.234 e. The highest BCUT2D eigenvalue weighted by molar-refractivity contribution is 8.01. The number of hydrogen-bond donors (Lipinski definition) is 1. The van der Waals surface area contributed by atoms with Gasteiger partial charge in [-0.3, -0.25) is 9.78 Å². The Morgan fingerprint density at radius 2 is 1.89 bits per heavy atom. The molecule has 0 fully saturated rings. The molecule has 4 aromatic rings. The average molecular weight is 393 g/mol. The second-order valence-electron chi connectivity index (χ2n) is 5.60. The number of nitrogens with zero attached hydrogens (tertiary/aromatic N) is 2. The lowest BCUT2D eigenvalue weighted by Crippen LogP contribution is -2.13. The topological polar surface area (TPSA) is 64.1 Å². The van der Waals surface area contributed by atoms with Crippen molar-refractivity contribution in [1.82, 2.24) is 9.97 Å². The average Bonchev–Trinajstić information content (AvgIpc) is 3.11. The van der Waals surface area contributed by atoms with Crippen molar-refractivity contribution in [2.24, 2.45) is 0 Å². The number of anilines is 1. The van der Waals surface area contributed by atoms with Crippen molar-refractivity contribution in [3.8, 4) is 11.5 Å². The summed E-state index contributed by atoms with van der Waals surface area (Å²) in [5, 5.41) is 2.90. The highest BCUT2D eigenvalue weighted by atomic mass is 32.2. The molecule has 27 heavy (non-hydrogen) atoms. The van der Waals surface area contributed by atoms with Crippen LogP contribution >= 0.6 is 23.1 Å². The van der Waals surface area contributed by atoms with Gasteiger partial charge in [0.25, 0.3) is 0 Å². The fraction of sp³-hybridized carbons (Fsp3) is 0.0500.